The lowest BCUT2D eigenvalue weighted by molar-refractivity contribution is -0.135. The lowest BCUT2D eigenvalue weighted by atomic mass is 10.1. The maximum Gasteiger partial charge on any atom is 0.244 e. The summed E-state index contributed by atoms with van der Waals surface area (Å²) in [6, 6.07) is 10.9. The second kappa shape index (κ2) is 9.50. The number of rotatable bonds is 5. The summed E-state index contributed by atoms with van der Waals surface area (Å²) in [7, 11) is 0. The third-order valence-electron chi connectivity index (χ3n) is 4.29. The molecule has 1 fully saturated rings. The largest absolute Gasteiger partial charge is 0.439 e. The number of halogens is 1. The third kappa shape index (κ3) is 6.06. The zero-order valence-corrected chi connectivity index (χ0v) is 16.6. The lowest BCUT2D eigenvalue weighted by Crippen LogP contribution is -2.39. The Morgan fingerprint density at radius 1 is 1.19 bits per heavy atom. The molecule has 1 aromatic heterocycles. The summed E-state index contributed by atoms with van der Waals surface area (Å²) in [6.45, 7) is 0.721. The van der Waals surface area contributed by atoms with Gasteiger partial charge in [-0.2, -0.15) is 0 Å². The smallest absolute Gasteiger partial charge is 0.244 e. The highest BCUT2D eigenvalue weighted by molar-refractivity contribution is 9.10. The van der Waals surface area contributed by atoms with Gasteiger partial charge in [0, 0.05) is 23.5 Å². The van der Waals surface area contributed by atoms with Gasteiger partial charge in [-0.25, -0.2) is 4.98 Å². The number of carbonyl (C=O) groups is 2. The normalized spacial score (nSPS) is 15.0. The zero-order chi connectivity index (χ0) is 19.1. The molecule has 2 heterocycles. The molecule has 2 amide bonds. The van der Waals surface area contributed by atoms with Gasteiger partial charge in [0.15, 0.2) is 0 Å². The van der Waals surface area contributed by atoms with E-state index in [2.05, 4.69) is 26.2 Å². The van der Waals surface area contributed by atoms with E-state index in [1.807, 2.05) is 24.3 Å². The lowest BCUT2D eigenvalue weighted by Gasteiger charge is -2.24. The van der Waals surface area contributed by atoms with Crippen molar-refractivity contribution < 1.29 is 14.3 Å². The molecule has 0 saturated carbocycles. The number of carbonyl (C=O) groups excluding carboxylic acids is 2. The molecular weight excluding hydrogens is 410 g/mol. The SMILES string of the molecule is O=C(CN1CCCCCCC1=O)Nc1ccc(Oc2cccc(Br)c2)nc1. The van der Waals surface area contributed by atoms with E-state index in [1.54, 1.807) is 23.2 Å². The summed E-state index contributed by atoms with van der Waals surface area (Å²) in [4.78, 5) is 30.2. The van der Waals surface area contributed by atoms with Gasteiger partial charge in [0.2, 0.25) is 17.7 Å². The first-order chi connectivity index (χ1) is 13.1. The first-order valence-electron chi connectivity index (χ1n) is 9.07. The summed E-state index contributed by atoms with van der Waals surface area (Å²) in [6.07, 6.45) is 6.11. The Morgan fingerprint density at radius 2 is 2.04 bits per heavy atom. The summed E-state index contributed by atoms with van der Waals surface area (Å²) in [5.74, 6) is 0.946. The number of hydrogen-bond acceptors (Lipinski definition) is 4. The molecule has 1 aliphatic heterocycles. The van der Waals surface area contributed by atoms with E-state index >= 15 is 0 Å². The molecule has 1 saturated heterocycles. The topological polar surface area (TPSA) is 71.5 Å². The van der Waals surface area contributed by atoms with E-state index in [9.17, 15) is 9.59 Å². The van der Waals surface area contributed by atoms with Gasteiger partial charge in [-0.1, -0.05) is 34.8 Å². The van der Waals surface area contributed by atoms with Crippen LogP contribution < -0.4 is 10.1 Å². The summed E-state index contributed by atoms with van der Waals surface area (Å²) >= 11 is 3.39. The summed E-state index contributed by atoms with van der Waals surface area (Å²) < 4.78 is 6.59. The number of pyridine rings is 1. The van der Waals surface area contributed by atoms with Crippen LogP contribution in [0.1, 0.15) is 32.1 Å². The Labute approximate surface area is 167 Å². The van der Waals surface area contributed by atoms with Gasteiger partial charge in [-0.05, 0) is 37.1 Å². The predicted octanol–water partition coefficient (Wildman–Crippen LogP) is 4.37. The fraction of sp³-hybridized carbons (Fsp3) is 0.350. The van der Waals surface area contributed by atoms with Crippen LogP contribution in [0, 0.1) is 0 Å². The van der Waals surface area contributed by atoms with E-state index in [4.69, 9.17) is 4.74 Å². The van der Waals surface area contributed by atoms with E-state index in [1.165, 1.54) is 0 Å². The zero-order valence-electron chi connectivity index (χ0n) is 15.0. The summed E-state index contributed by atoms with van der Waals surface area (Å²) in [5, 5.41) is 2.79. The average Bonchev–Trinajstić information content (AvgIpc) is 2.63. The number of nitrogens with zero attached hydrogens (tertiary/aromatic N) is 2. The Kier molecular flexibility index (Phi) is 6.81. The minimum atomic E-state index is -0.216. The average molecular weight is 432 g/mol. The molecule has 7 heteroatoms. The molecule has 0 atom stereocenters. The number of likely N-dealkylation sites (tertiary alicyclic amines) is 1. The molecule has 1 N–H and O–H groups in total. The molecule has 0 radical (unpaired) electrons. The Morgan fingerprint density at radius 3 is 2.81 bits per heavy atom. The Balaban J connectivity index is 1.54. The van der Waals surface area contributed by atoms with Crippen molar-refractivity contribution in [3.05, 3.63) is 47.1 Å². The van der Waals surface area contributed by atoms with E-state index in [-0.39, 0.29) is 18.4 Å². The monoisotopic (exact) mass is 431 g/mol. The standard InChI is InChI=1S/C20H22BrN3O3/c21-15-6-5-7-17(12-15)27-19-10-9-16(13-22-19)23-18(25)14-24-11-4-2-1-3-8-20(24)26/h5-7,9-10,12-13H,1-4,8,11,14H2,(H,23,25). The highest BCUT2D eigenvalue weighted by Gasteiger charge is 2.18. The van der Waals surface area contributed by atoms with Crippen molar-refractivity contribution in [2.75, 3.05) is 18.4 Å². The fourth-order valence-electron chi connectivity index (χ4n) is 2.92. The predicted molar refractivity (Wildman–Crippen MR) is 107 cm³/mol. The van der Waals surface area contributed by atoms with Crippen molar-refractivity contribution in [3.63, 3.8) is 0 Å². The van der Waals surface area contributed by atoms with Gasteiger partial charge in [0.25, 0.3) is 0 Å². The maximum atomic E-state index is 12.3. The number of anilines is 1. The van der Waals surface area contributed by atoms with Gasteiger partial charge in [0.05, 0.1) is 18.4 Å². The van der Waals surface area contributed by atoms with Gasteiger partial charge in [-0.15, -0.1) is 0 Å². The van der Waals surface area contributed by atoms with Crippen molar-refractivity contribution in [3.8, 4) is 11.6 Å². The molecule has 0 bridgehead atoms. The quantitative estimate of drug-likeness (QED) is 0.762. The highest BCUT2D eigenvalue weighted by Crippen LogP contribution is 2.23. The second-order valence-electron chi connectivity index (χ2n) is 6.47. The molecule has 0 aliphatic carbocycles. The van der Waals surface area contributed by atoms with Crippen LogP contribution in [-0.4, -0.2) is 34.8 Å². The molecule has 1 aromatic carbocycles. The molecule has 27 heavy (non-hydrogen) atoms. The van der Waals surface area contributed by atoms with Crippen LogP contribution in [0.4, 0.5) is 5.69 Å². The first kappa shape index (κ1) is 19.4. The number of ether oxygens (including phenoxy) is 1. The Bertz CT molecular complexity index is 795. The molecule has 1 aliphatic rings. The van der Waals surface area contributed by atoms with Crippen molar-refractivity contribution in [2.24, 2.45) is 0 Å². The second-order valence-corrected chi connectivity index (χ2v) is 7.39. The molecule has 2 aromatic rings. The van der Waals surface area contributed by atoms with Crippen LogP contribution in [-0.2, 0) is 9.59 Å². The van der Waals surface area contributed by atoms with Gasteiger partial charge >= 0.3 is 0 Å². The first-order valence-corrected chi connectivity index (χ1v) is 9.86. The fourth-order valence-corrected chi connectivity index (χ4v) is 3.30. The van der Waals surface area contributed by atoms with E-state index in [0.717, 1.165) is 30.2 Å². The van der Waals surface area contributed by atoms with Crippen LogP contribution in [0.5, 0.6) is 11.6 Å². The van der Waals surface area contributed by atoms with E-state index < -0.39 is 0 Å². The number of hydrogen-bond donors (Lipinski definition) is 1. The van der Waals surface area contributed by atoms with Gasteiger partial charge < -0.3 is 15.0 Å². The molecule has 3 rings (SSSR count). The molecule has 6 nitrogen and oxygen atoms in total. The van der Waals surface area contributed by atoms with Crippen molar-refractivity contribution in [1.29, 1.82) is 0 Å². The van der Waals surface area contributed by atoms with Crippen molar-refractivity contribution in [1.82, 2.24) is 9.88 Å². The maximum absolute atomic E-state index is 12.3. The Hall–Kier alpha value is -2.41. The number of benzene rings is 1. The van der Waals surface area contributed by atoms with E-state index in [0.29, 0.717) is 30.3 Å². The van der Waals surface area contributed by atoms with Crippen molar-refractivity contribution in [2.45, 2.75) is 32.1 Å². The van der Waals surface area contributed by atoms with Crippen molar-refractivity contribution >= 4 is 33.4 Å². The van der Waals surface area contributed by atoms with Crippen LogP contribution in [0.3, 0.4) is 0 Å². The minimum Gasteiger partial charge on any atom is -0.439 e. The van der Waals surface area contributed by atoms with Crippen LogP contribution >= 0.6 is 15.9 Å². The number of nitrogens with one attached hydrogen (secondary N) is 1. The van der Waals surface area contributed by atoms with Gasteiger partial charge in [-0.3, -0.25) is 9.59 Å². The minimum absolute atomic E-state index is 0.0562. The van der Waals surface area contributed by atoms with Crippen LogP contribution in [0.25, 0.3) is 0 Å². The number of amides is 2. The molecule has 142 valence electrons. The third-order valence-corrected chi connectivity index (χ3v) is 4.79. The molecule has 0 spiro atoms. The van der Waals surface area contributed by atoms with Gasteiger partial charge in [0.1, 0.15) is 5.75 Å². The molecule has 0 unspecified atom stereocenters. The molecular formula is C20H22BrN3O3. The highest BCUT2D eigenvalue weighted by atomic mass is 79.9. The van der Waals surface area contributed by atoms with Crippen LogP contribution in [0.15, 0.2) is 47.1 Å². The summed E-state index contributed by atoms with van der Waals surface area (Å²) in [5.41, 5.74) is 0.570. The number of aromatic nitrogens is 1. The van der Waals surface area contributed by atoms with Crippen LogP contribution in [0.2, 0.25) is 0 Å².